The number of rotatable bonds is 5. The molecule has 0 radical (unpaired) electrons. The quantitative estimate of drug-likeness (QED) is 0.340. The second-order valence-electron chi connectivity index (χ2n) is 7.42. The Balaban J connectivity index is 1.49. The fourth-order valence-electron chi connectivity index (χ4n) is 4.15. The minimum atomic E-state index is -0.178. The van der Waals surface area contributed by atoms with Gasteiger partial charge in [0.05, 0.1) is 12.8 Å². The molecule has 2 aromatic carbocycles. The lowest BCUT2D eigenvalue weighted by Crippen LogP contribution is -2.30. The first-order chi connectivity index (χ1) is 14.3. The van der Waals surface area contributed by atoms with Crippen LogP contribution in [0.15, 0.2) is 75.1 Å². The van der Waals surface area contributed by atoms with Crippen LogP contribution in [0.1, 0.15) is 35.4 Å². The maximum Gasteiger partial charge on any atom is 0.349 e. The van der Waals surface area contributed by atoms with E-state index in [1.54, 1.807) is 22.6 Å². The Bertz CT molecular complexity index is 1210. The summed E-state index contributed by atoms with van der Waals surface area (Å²) < 4.78 is 7.27. The van der Waals surface area contributed by atoms with Gasteiger partial charge in [-0.25, -0.2) is 4.79 Å². The molecule has 1 aliphatic rings. The van der Waals surface area contributed by atoms with Crippen molar-refractivity contribution in [3.05, 3.63) is 93.9 Å². The first-order valence-corrected chi connectivity index (χ1v) is 11.0. The molecule has 0 unspecified atom stereocenters. The van der Waals surface area contributed by atoms with Gasteiger partial charge in [0.1, 0.15) is 10.8 Å². The Kier molecular flexibility index (Phi) is 4.98. The van der Waals surface area contributed by atoms with Crippen LogP contribution in [0.3, 0.4) is 0 Å². The fourth-order valence-corrected chi connectivity index (χ4v) is 5.23. The Labute approximate surface area is 173 Å². The molecule has 0 N–H and O–H groups in total. The third-order valence-electron chi connectivity index (χ3n) is 5.59. The lowest BCUT2D eigenvalue weighted by Gasteiger charge is -2.22. The van der Waals surface area contributed by atoms with Crippen LogP contribution >= 0.6 is 11.8 Å². The first kappa shape index (κ1) is 18.3. The van der Waals surface area contributed by atoms with E-state index in [9.17, 15) is 4.79 Å². The predicted molar refractivity (Wildman–Crippen MR) is 116 cm³/mol. The van der Waals surface area contributed by atoms with Crippen molar-refractivity contribution in [2.45, 2.75) is 43.0 Å². The monoisotopic (exact) mass is 402 g/mol. The number of thioether (sulfide) groups is 1. The molecule has 4 nitrogen and oxygen atoms in total. The number of hydrogen-bond donors (Lipinski definition) is 0. The van der Waals surface area contributed by atoms with Gasteiger partial charge in [-0.2, -0.15) is 4.98 Å². The summed E-state index contributed by atoms with van der Waals surface area (Å²) in [5.74, 6) is 1.60. The average Bonchev–Trinajstić information content (AvgIpc) is 3.28. The number of nitrogens with zero attached hydrogens (tertiary/aromatic N) is 2. The molecule has 4 aromatic rings. The minimum Gasteiger partial charge on any atom is -0.467 e. The van der Waals surface area contributed by atoms with Gasteiger partial charge >= 0.3 is 5.69 Å². The summed E-state index contributed by atoms with van der Waals surface area (Å²) >= 11 is 1.69. The summed E-state index contributed by atoms with van der Waals surface area (Å²) in [6.45, 7) is 0.454. The van der Waals surface area contributed by atoms with Gasteiger partial charge in [0.25, 0.3) is 0 Å². The zero-order valence-electron chi connectivity index (χ0n) is 16.1. The van der Waals surface area contributed by atoms with E-state index in [0.717, 1.165) is 47.9 Å². The van der Waals surface area contributed by atoms with Gasteiger partial charge in [0.2, 0.25) is 0 Å². The SMILES string of the molecule is O=c1nc(SCc2cccc3ccccc23)c2c(n1Cc1ccco1)CCCC2. The fraction of sp³-hybridized carbons (Fsp3) is 0.250. The number of fused-ring (bicyclic) bond motifs is 2. The number of aromatic nitrogens is 2. The van der Waals surface area contributed by atoms with Gasteiger partial charge in [-0.05, 0) is 54.2 Å². The zero-order chi connectivity index (χ0) is 19.6. The average molecular weight is 403 g/mol. The lowest BCUT2D eigenvalue weighted by molar-refractivity contribution is 0.471. The largest absolute Gasteiger partial charge is 0.467 e. The topological polar surface area (TPSA) is 48.0 Å². The lowest BCUT2D eigenvalue weighted by atomic mass is 9.97. The first-order valence-electron chi connectivity index (χ1n) is 10.0. The number of furan rings is 1. The van der Waals surface area contributed by atoms with Crippen LogP contribution in [0.25, 0.3) is 10.8 Å². The van der Waals surface area contributed by atoms with E-state index >= 15 is 0 Å². The highest BCUT2D eigenvalue weighted by molar-refractivity contribution is 7.98. The van der Waals surface area contributed by atoms with Gasteiger partial charge in [-0.15, -0.1) is 11.8 Å². The highest BCUT2D eigenvalue weighted by atomic mass is 32.2. The summed E-state index contributed by atoms with van der Waals surface area (Å²) in [5, 5.41) is 3.41. The minimum absolute atomic E-state index is 0.178. The second kappa shape index (κ2) is 7.91. The Morgan fingerprint density at radius 3 is 2.76 bits per heavy atom. The molecule has 2 aromatic heterocycles. The molecule has 0 amide bonds. The van der Waals surface area contributed by atoms with Crippen LogP contribution in [0.2, 0.25) is 0 Å². The third-order valence-corrected chi connectivity index (χ3v) is 6.66. The van der Waals surface area contributed by atoms with Gasteiger partial charge < -0.3 is 4.42 Å². The standard InChI is InChI=1S/C24H22N2O2S/c27-24-25-23(29-16-18-9-5-8-17-7-1-2-11-20(17)18)21-12-3-4-13-22(21)26(24)15-19-10-6-14-28-19/h1-2,5-11,14H,3-4,12-13,15-16H2. The van der Waals surface area contributed by atoms with Crippen molar-refractivity contribution < 1.29 is 4.42 Å². The van der Waals surface area contributed by atoms with E-state index in [0.29, 0.717) is 6.54 Å². The molecule has 0 atom stereocenters. The van der Waals surface area contributed by atoms with Crippen LogP contribution in [0, 0.1) is 0 Å². The summed E-state index contributed by atoms with van der Waals surface area (Å²) in [6.07, 6.45) is 5.82. The highest BCUT2D eigenvalue weighted by Gasteiger charge is 2.21. The third kappa shape index (κ3) is 3.62. The Morgan fingerprint density at radius 2 is 1.86 bits per heavy atom. The number of benzene rings is 2. The molecular formula is C24H22N2O2S. The molecule has 5 rings (SSSR count). The Morgan fingerprint density at radius 1 is 1.00 bits per heavy atom. The van der Waals surface area contributed by atoms with Crippen molar-refractivity contribution in [1.82, 2.24) is 9.55 Å². The molecule has 29 heavy (non-hydrogen) atoms. The van der Waals surface area contributed by atoms with E-state index in [-0.39, 0.29) is 5.69 Å². The van der Waals surface area contributed by atoms with E-state index < -0.39 is 0 Å². The van der Waals surface area contributed by atoms with Gasteiger partial charge in [-0.1, -0.05) is 42.5 Å². The van der Waals surface area contributed by atoms with Gasteiger partial charge in [-0.3, -0.25) is 4.57 Å². The molecular weight excluding hydrogens is 380 g/mol. The number of hydrogen-bond acceptors (Lipinski definition) is 4. The molecule has 0 saturated carbocycles. The van der Waals surface area contributed by atoms with Gasteiger partial charge in [0.15, 0.2) is 0 Å². The van der Waals surface area contributed by atoms with Crippen LogP contribution < -0.4 is 5.69 Å². The van der Waals surface area contributed by atoms with Crippen LogP contribution in [-0.2, 0) is 25.1 Å². The van der Waals surface area contributed by atoms with Crippen molar-refractivity contribution in [2.24, 2.45) is 0 Å². The van der Waals surface area contributed by atoms with E-state index in [1.807, 2.05) is 12.1 Å². The van der Waals surface area contributed by atoms with Crippen LogP contribution in [-0.4, -0.2) is 9.55 Å². The maximum absolute atomic E-state index is 12.9. The van der Waals surface area contributed by atoms with Crippen molar-refractivity contribution in [2.75, 3.05) is 0 Å². The molecule has 0 spiro atoms. The maximum atomic E-state index is 12.9. The van der Waals surface area contributed by atoms with E-state index in [1.165, 1.54) is 21.9 Å². The molecule has 0 aliphatic heterocycles. The summed E-state index contributed by atoms with van der Waals surface area (Å²) in [5.41, 5.74) is 3.47. The van der Waals surface area contributed by atoms with Crippen LogP contribution in [0.5, 0.6) is 0 Å². The summed E-state index contributed by atoms with van der Waals surface area (Å²) in [7, 11) is 0. The molecule has 146 valence electrons. The van der Waals surface area contributed by atoms with Crippen molar-refractivity contribution in [3.63, 3.8) is 0 Å². The second-order valence-corrected chi connectivity index (χ2v) is 8.39. The highest BCUT2D eigenvalue weighted by Crippen LogP contribution is 2.32. The predicted octanol–water partition coefficient (Wildman–Crippen LogP) is 5.21. The Hall–Kier alpha value is -2.79. The normalized spacial score (nSPS) is 13.5. The van der Waals surface area contributed by atoms with Crippen molar-refractivity contribution in [1.29, 1.82) is 0 Å². The van der Waals surface area contributed by atoms with Crippen molar-refractivity contribution >= 4 is 22.5 Å². The van der Waals surface area contributed by atoms with Gasteiger partial charge in [0, 0.05) is 17.0 Å². The summed E-state index contributed by atoms with van der Waals surface area (Å²) in [6, 6.07) is 18.6. The van der Waals surface area contributed by atoms with Crippen molar-refractivity contribution in [3.8, 4) is 0 Å². The molecule has 0 bridgehead atoms. The molecule has 5 heteroatoms. The molecule has 2 heterocycles. The smallest absolute Gasteiger partial charge is 0.349 e. The molecule has 1 aliphatic carbocycles. The summed E-state index contributed by atoms with van der Waals surface area (Å²) in [4.78, 5) is 17.3. The molecule has 0 saturated heterocycles. The molecule has 0 fully saturated rings. The van der Waals surface area contributed by atoms with Crippen LogP contribution in [0.4, 0.5) is 0 Å². The van der Waals surface area contributed by atoms with E-state index in [2.05, 4.69) is 47.4 Å². The zero-order valence-corrected chi connectivity index (χ0v) is 17.0. The van der Waals surface area contributed by atoms with E-state index in [4.69, 9.17) is 4.42 Å².